The van der Waals surface area contributed by atoms with Crippen LogP contribution in [0, 0.1) is 5.82 Å². The molecule has 1 aliphatic carbocycles. The van der Waals surface area contributed by atoms with Crippen LogP contribution >= 0.6 is 15.9 Å². The fourth-order valence-electron chi connectivity index (χ4n) is 1.34. The van der Waals surface area contributed by atoms with Crippen LogP contribution in [0.25, 0.3) is 6.08 Å². The van der Waals surface area contributed by atoms with Gasteiger partial charge in [-0.3, -0.25) is 0 Å². The molecule has 13 heavy (non-hydrogen) atoms. The maximum atomic E-state index is 13.0. The lowest BCUT2D eigenvalue weighted by molar-refractivity contribution is 0.0518. The van der Waals surface area contributed by atoms with Gasteiger partial charge in [0.1, 0.15) is 5.82 Å². The second-order valence-corrected chi connectivity index (χ2v) is 3.63. The molecular weight excluding hydrogens is 245 g/mol. The van der Waals surface area contributed by atoms with E-state index in [0.717, 1.165) is 6.07 Å². The summed E-state index contributed by atoms with van der Waals surface area (Å²) in [6, 6.07) is 2.45. The first-order valence-electron chi connectivity index (χ1n) is 3.58. The van der Waals surface area contributed by atoms with Gasteiger partial charge in [-0.2, -0.15) is 8.78 Å². The summed E-state index contributed by atoms with van der Waals surface area (Å²) in [6.45, 7) is 0. The third kappa shape index (κ3) is 1.20. The zero-order valence-corrected chi connectivity index (χ0v) is 7.91. The van der Waals surface area contributed by atoms with Gasteiger partial charge in [0.25, 0.3) is 5.92 Å². The Labute approximate surface area is 81.2 Å². The van der Waals surface area contributed by atoms with Crippen LogP contribution in [0.2, 0.25) is 0 Å². The van der Waals surface area contributed by atoms with Crippen molar-refractivity contribution in [2.75, 3.05) is 0 Å². The van der Waals surface area contributed by atoms with E-state index in [2.05, 4.69) is 15.9 Å². The van der Waals surface area contributed by atoms with Crippen molar-refractivity contribution in [3.63, 3.8) is 0 Å². The molecule has 4 heteroatoms. The minimum Gasteiger partial charge on any atom is -0.206 e. The molecule has 0 N–H and O–H groups in total. The molecule has 0 atom stereocenters. The molecule has 68 valence electrons. The first-order valence-corrected chi connectivity index (χ1v) is 4.37. The van der Waals surface area contributed by atoms with Gasteiger partial charge in [0, 0.05) is 10.0 Å². The lowest BCUT2D eigenvalue weighted by Crippen LogP contribution is -2.09. The smallest absolute Gasteiger partial charge is 0.206 e. The zero-order valence-electron chi connectivity index (χ0n) is 6.32. The monoisotopic (exact) mass is 248 g/mol. The van der Waals surface area contributed by atoms with E-state index in [1.807, 2.05) is 0 Å². The SMILES string of the molecule is Fc1ccc(Br)c2c1C(F)(F)C=C2. The fraction of sp³-hybridized carbons (Fsp3) is 0.111. The van der Waals surface area contributed by atoms with E-state index in [1.54, 1.807) is 0 Å². The van der Waals surface area contributed by atoms with Crippen molar-refractivity contribution < 1.29 is 13.2 Å². The van der Waals surface area contributed by atoms with Gasteiger partial charge in [-0.05, 0) is 18.2 Å². The Balaban J connectivity index is 2.76. The summed E-state index contributed by atoms with van der Waals surface area (Å²) in [5.74, 6) is -4.04. The Bertz CT molecular complexity index is 396. The maximum absolute atomic E-state index is 13.0. The van der Waals surface area contributed by atoms with Crippen LogP contribution in [0.4, 0.5) is 13.2 Å². The number of hydrogen-bond acceptors (Lipinski definition) is 0. The molecule has 1 aromatic rings. The van der Waals surface area contributed by atoms with Crippen molar-refractivity contribution in [3.8, 4) is 0 Å². The number of allylic oxidation sites excluding steroid dienone is 1. The quantitative estimate of drug-likeness (QED) is 0.657. The van der Waals surface area contributed by atoms with Crippen molar-refractivity contribution in [3.05, 3.63) is 39.6 Å². The van der Waals surface area contributed by atoms with E-state index in [9.17, 15) is 13.2 Å². The number of halogens is 4. The van der Waals surface area contributed by atoms with Crippen molar-refractivity contribution in [1.29, 1.82) is 0 Å². The summed E-state index contributed by atoms with van der Waals surface area (Å²) in [4.78, 5) is 0. The third-order valence-electron chi connectivity index (χ3n) is 1.93. The number of rotatable bonds is 0. The molecule has 0 heterocycles. The van der Waals surface area contributed by atoms with Crippen LogP contribution in [0.15, 0.2) is 22.7 Å². The van der Waals surface area contributed by atoms with Crippen molar-refractivity contribution in [2.45, 2.75) is 5.92 Å². The molecular formula is C9H4BrF3. The van der Waals surface area contributed by atoms with Gasteiger partial charge in [-0.1, -0.05) is 22.0 Å². The summed E-state index contributed by atoms with van der Waals surface area (Å²) in [7, 11) is 0. The van der Waals surface area contributed by atoms with Crippen LogP contribution in [0.3, 0.4) is 0 Å². The molecule has 0 spiro atoms. The Morgan fingerprint density at radius 1 is 1.23 bits per heavy atom. The standard InChI is InChI=1S/C9H4BrF3/c10-6-1-2-7(11)8-5(6)3-4-9(8,12)13/h1-4H. The summed E-state index contributed by atoms with van der Waals surface area (Å²) in [6.07, 6.45) is 1.92. The first-order chi connectivity index (χ1) is 6.02. The lowest BCUT2D eigenvalue weighted by Gasteiger charge is -2.10. The van der Waals surface area contributed by atoms with Crippen LogP contribution in [0.1, 0.15) is 11.1 Å². The second kappa shape index (κ2) is 2.61. The van der Waals surface area contributed by atoms with Gasteiger partial charge in [-0.25, -0.2) is 4.39 Å². The average Bonchev–Trinajstić information content (AvgIpc) is 2.36. The van der Waals surface area contributed by atoms with Crippen molar-refractivity contribution in [1.82, 2.24) is 0 Å². The molecule has 0 fully saturated rings. The number of benzene rings is 1. The van der Waals surface area contributed by atoms with Gasteiger partial charge in [0.15, 0.2) is 0 Å². The minimum absolute atomic E-state index is 0.227. The van der Waals surface area contributed by atoms with E-state index in [0.29, 0.717) is 10.5 Å². The Morgan fingerprint density at radius 3 is 2.54 bits per heavy atom. The van der Waals surface area contributed by atoms with Crippen LogP contribution in [-0.4, -0.2) is 0 Å². The van der Waals surface area contributed by atoms with E-state index in [1.165, 1.54) is 12.1 Å². The van der Waals surface area contributed by atoms with Gasteiger partial charge < -0.3 is 0 Å². The highest BCUT2D eigenvalue weighted by Gasteiger charge is 2.38. The fourth-order valence-corrected chi connectivity index (χ4v) is 1.80. The molecule has 1 aliphatic rings. The summed E-state index contributed by atoms with van der Waals surface area (Å²) in [5.41, 5.74) is -0.313. The number of hydrogen-bond donors (Lipinski definition) is 0. The maximum Gasteiger partial charge on any atom is 0.295 e. The van der Waals surface area contributed by atoms with Crippen LogP contribution in [0.5, 0.6) is 0 Å². The largest absolute Gasteiger partial charge is 0.295 e. The van der Waals surface area contributed by atoms with Crippen LogP contribution < -0.4 is 0 Å². The topological polar surface area (TPSA) is 0 Å². The highest BCUT2D eigenvalue weighted by Crippen LogP contribution is 2.42. The Morgan fingerprint density at radius 2 is 1.92 bits per heavy atom. The molecule has 2 rings (SSSR count). The summed E-state index contributed by atoms with van der Waals surface area (Å²) < 4.78 is 39.6. The lowest BCUT2D eigenvalue weighted by atomic mass is 10.1. The molecule has 1 aromatic carbocycles. The van der Waals surface area contributed by atoms with E-state index in [-0.39, 0.29) is 5.56 Å². The molecule has 0 saturated carbocycles. The van der Waals surface area contributed by atoms with Crippen molar-refractivity contribution >= 4 is 22.0 Å². The van der Waals surface area contributed by atoms with E-state index < -0.39 is 17.3 Å². The van der Waals surface area contributed by atoms with Gasteiger partial charge in [0.05, 0.1) is 5.56 Å². The normalized spacial score (nSPS) is 17.5. The third-order valence-corrected chi connectivity index (χ3v) is 2.63. The van der Waals surface area contributed by atoms with Crippen LogP contribution in [-0.2, 0) is 5.92 Å². The van der Waals surface area contributed by atoms with Gasteiger partial charge in [-0.15, -0.1) is 0 Å². The molecule has 0 saturated heterocycles. The van der Waals surface area contributed by atoms with Gasteiger partial charge >= 0.3 is 0 Å². The molecule has 0 amide bonds. The minimum atomic E-state index is -3.18. The molecule has 0 nitrogen and oxygen atoms in total. The molecule has 0 aromatic heterocycles. The highest BCUT2D eigenvalue weighted by atomic mass is 79.9. The highest BCUT2D eigenvalue weighted by molar-refractivity contribution is 9.10. The predicted molar refractivity (Wildman–Crippen MR) is 47.0 cm³/mol. The molecule has 0 radical (unpaired) electrons. The number of fused-ring (bicyclic) bond motifs is 1. The predicted octanol–water partition coefficient (Wildman–Crippen LogP) is 3.71. The Kier molecular flexibility index (Phi) is 1.77. The number of alkyl halides is 2. The molecule has 0 bridgehead atoms. The second-order valence-electron chi connectivity index (χ2n) is 2.77. The molecule has 0 unspecified atom stereocenters. The van der Waals surface area contributed by atoms with Crippen molar-refractivity contribution in [2.24, 2.45) is 0 Å². The first kappa shape index (κ1) is 8.81. The van der Waals surface area contributed by atoms with E-state index >= 15 is 0 Å². The zero-order chi connectivity index (χ0) is 9.64. The summed E-state index contributed by atoms with van der Waals surface area (Å²) >= 11 is 3.08. The van der Waals surface area contributed by atoms with E-state index in [4.69, 9.17) is 0 Å². The average molecular weight is 249 g/mol. The molecule has 0 aliphatic heterocycles. The van der Waals surface area contributed by atoms with Gasteiger partial charge in [0.2, 0.25) is 0 Å². The summed E-state index contributed by atoms with van der Waals surface area (Å²) in [5, 5.41) is 0. The Hall–Kier alpha value is -0.770.